The number of halogens is 9. The first-order valence-electron chi connectivity index (χ1n) is 26.7. The molecule has 4 aromatic heterocycles. The van der Waals surface area contributed by atoms with E-state index in [1.807, 2.05) is 60.7 Å². The van der Waals surface area contributed by atoms with E-state index in [1.54, 1.807) is 37.3 Å². The Bertz CT molecular complexity index is 5230. The van der Waals surface area contributed by atoms with E-state index in [-0.39, 0.29) is 22.8 Å². The van der Waals surface area contributed by atoms with Gasteiger partial charge in [0.05, 0.1) is 59.5 Å². The number of nitrogens with zero attached hydrogens (tertiary/aromatic N) is 4. The van der Waals surface area contributed by atoms with Gasteiger partial charge in [0.25, 0.3) is 0 Å². The Morgan fingerprint density at radius 2 is 0.726 bits per heavy atom. The molecule has 15 rings (SSSR count). The maximum atomic E-state index is 14.9. The lowest BCUT2D eigenvalue weighted by molar-refractivity contribution is -0.143. The van der Waals surface area contributed by atoms with Crippen molar-refractivity contribution < 1.29 is 39.5 Å². The summed E-state index contributed by atoms with van der Waals surface area (Å²) in [5.74, 6) is 0. The topological polar surface area (TPSA) is 35.6 Å². The maximum absolute atomic E-state index is 14.9. The largest absolute Gasteiger partial charge is 0.417 e. The maximum Gasteiger partial charge on any atom is 0.417 e. The number of aromatic nitrogens is 4. The molecule has 0 aliphatic heterocycles. The first-order valence-corrected chi connectivity index (χ1v) is 27.6. The number of thiophene rings is 1. The molecular formula is C70H39F9N4S. The lowest BCUT2D eigenvalue weighted by atomic mass is 9.90. The molecule has 4 heterocycles. The fourth-order valence-electron chi connectivity index (χ4n) is 12.3. The molecule has 0 spiro atoms. The molecule has 0 amide bonds. The zero-order chi connectivity index (χ0) is 57.6. The highest BCUT2D eigenvalue weighted by molar-refractivity contribution is 7.21. The van der Waals surface area contributed by atoms with E-state index in [0.717, 1.165) is 88.0 Å². The van der Waals surface area contributed by atoms with Gasteiger partial charge in [0.2, 0.25) is 0 Å². The number of fused-ring (bicyclic) bond motifs is 13. The Morgan fingerprint density at radius 1 is 0.321 bits per heavy atom. The number of rotatable bonds is 6. The quantitative estimate of drug-likeness (QED) is 0.123. The smallest absolute Gasteiger partial charge is 0.309 e. The Morgan fingerprint density at radius 3 is 1.19 bits per heavy atom. The van der Waals surface area contributed by atoms with Gasteiger partial charge in [-0.1, -0.05) is 145 Å². The number of hydrogen-bond donors (Lipinski definition) is 0. The zero-order valence-corrected chi connectivity index (χ0v) is 44.7. The van der Waals surface area contributed by atoms with Gasteiger partial charge in [0.15, 0.2) is 0 Å². The summed E-state index contributed by atoms with van der Waals surface area (Å²) < 4.78 is 136. The van der Waals surface area contributed by atoms with E-state index in [1.165, 1.54) is 29.5 Å². The summed E-state index contributed by atoms with van der Waals surface area (Å²) in [7, 11) is 0. The van der Waals surface area contributed by atoms with E-state index in [0.29, 0.717) is 55.2 Å². The highest BCUT2D eigenvalue weighted by atomic mass is 32.1. The van der Waals surface area contributed by atoms with Crippen molar-refractivity contribution in [3.63, 3.8) is 0 Å². The van der Waals surface area contributed by atoms with Crippen LogP contribution in [0.3, 0.4) is 0 Å². The van der Waals surface area contributed by atoms with Crippen LogP contribution >= 0.6 is 11.3 Å². The van der Waals surface area contributed by atoms with Crippen LogP contribution in [0.2, 0.25) is 0 Å². The van der Waals surface area contributed by atoms with Crippen molar-refractivity contribution in [3.8, 4) is 54.5 Å². The molecule has 0 N–H and O–H groups in total. The molecule has 408 valence electrons. The monoisotopic (exact) mass is 1140 g/mol. The van der Waals surface area contributed by atoms with Crippen molar-refractivity contribution in [1.29, 1.82) is 0 Å². The third kappa shape index (κ3) is 8.13. The zero-order valence-electron chi connectivity index (χ0n) is 43.9. The molecular weight excluding hydrogens is 1100 g/mol. The predicted molar refractivity (Wildman–Crippen MR) is 320 cm³/mol. The highest BCUT2D eigenvalue weighted by Crippen LogP contribution is 2.50. The van der Waals surface area contributed by atoms with Crippen LogP contribution < -0.4 is 0 Å². The van der Waals surface area contributed by atoms with Gasteiger partial charge in [-0.3, -0.25) is 0 Å². The summed E-state index contributed by atoms with van der Waals surface area (Å²) in [6.45, 7) is 1.56. The van der Waals surface area contributed by atoms with E-state index >= 15 is 0 Å². The Hall–Kier alpha value is -9.79. The van der Waals surface area contributed by atoms with E-state index < -0.39 is 40.8 Å². The summed E-state index contributed by atoms with van der Waals surface area (Å²) in [6, 6.07) is 64.0. The third-order valence-electron chi connectivity index (χ3n) is 16.0. The predicted octanol–water partition coefficient (Wildman–Crippen LogP) is 21.4. The standard InChI is InChI=1S/C70H39F9N4S/c1-38-20-26-46(56(32-38)69(74,75)76)39-21-29-52-54(33-39)55-34-40(47-31-25-43(68(71,72)73)37-57(47)70(77,78)79)22-30-53(55)63-62(52)80-64-65(81-63)67(42-24-28-51-49-17-9-11-19-59(49)83(61(51)36-42)45-14-6-3-7-15-45)84-66(64)41-23-27-50-48-16-8-10-18-58(48)82(60(50)35-41)44-12-4-2-5-13-44/h2-37H,1H3. The first kappa shape index (κ1) is 51.1. The van der Waals surface area contributed by atoms with Crippen molar-refractivity contribution in [2.24, 2.45) is 0 Å². The second-order valence-electron chi connectivity index (χ2n) is 21.0. The lowest BCUT2D eigenvalue weighted by Gasteiger charge is -2.18. The molecule has 0 aliphatic carbocycles. The molecule has 84 heavy (non-hydrogen) atoms. The Kier molecular flexibility index (Phi) is 11.3. The minimum Gasteiger partial charge on any atom is -0.309 e. The van der Waals surface area contributed by atoms with Crippen molar-refractivity contribution in [3.05, 3.63) is 241 Å². The molecule has 0 aliphatic rings. The van der Waals surface area contributed by atoms with Crippen LogP contribution in [-0.2, 0) is 18.5 Å². The molecule has 15 aromatic rings. The van der Waals surface area contributed by atoms with Crippen molar-refractivity contribution in [1.82, 2.24) is 19.1 Å². The number of aryl methyl sites for hydroxylation is 1. The van der Waals surface area contributed by atoms with Crippen LogP contribution in [0.1, 0.15) is 22.3 Å². The second kappa shape index (κ2) is 18.6. The van der Waals surface area contributed by atoms with Crippen LogP contribution in [0.25, 0.3) is 142 Å². The molecule has 0 unspecified atom stereocenters. The van der Waals surface area contributed by atoms with Crippen LogP contribution in [0.4, 0.5) is 39.5 Å². The molecule has 11 aromatic carbocycles. The van der Waals surface area contributed by atoms with Gasteiger partial charge in [-0.25, -0.2) is 9.97 Å². The van der Waals surface area contributed by atoms with Crippen LogP contribution in [0.5, 0.6) is 0 Å². The average molecular weight is 1140 g/mol. The number of para-hydroxylation sites is 4. The third-order valence-corrected chi connectivity index (χ3v) is 17.3. The molecule has 0 bridgehead atoms. The van der Waals surface area contributed by atoms with Gasteiger partial charge in [-0.2, -0.15) is 39.5 Å². The van der Waals surface area contributed by atoms with Gasteiger partial charge in [0, 0.05) is 43.7 Å². The lowest BCUT2D eigenvalue weighted by Crippen LogP contribution is -2.12. The van der Waals surface area contributed by atoms with Crippen molar-refractivity contribution in [2.45, 2.75) is 25.5 Å². The number of alkyl halides is 9. The summed E-state index contributed by atoms with van der Waals surface area (Å²) in [6.07, 6.45) is -15.0. The average Bonchev–Trinajstić information content (AvgIpc) is 1.58. The molecule has 0 saturated heterocycles. The molecule has 14 heteroatoms. The molecule has 0 saturated carbocycles. The summed E-state index contributed by atoms with van der Waals surface area (Å²) >= 11 is 1.51. The Balaban J connectivity index is 1.05. The highest BCUT2D eigenvalue weighted by Gasteiger charge is 2.39. The Labute approximate surface area is 475 Å². The summed E-state index contributed by atoms with van der Waals surface area (Å²) in [5, 5.41) is 5.65. The molecule has 0 atom stereocenters. The fraction of sp³-hybridized carbons (Fsp3) is 0.0571. The number of benzene rings is 11. The SMILES string of the molecule is Cc1ccc(-c2ccc3c(c2)c2cc(-c4ccc(C(F)(F)F)cc4C(F)(F)F)ccc2c2nc4c(-c5ccc6c7ccccc7n(-c7ccccc7)c6c5)sc(-c5ccc6c7ccccc7n(-c7ccccc7)c6c5)c4nc32)c(C(F)(F)F)c1. The van der Waals surface area contributed by atoms with E-state index in [2.05, 4.69) is 94.1 Å². The second-order valence-corrected chi connectivity index (χ2v) is 22.1. The van der Waals surface area contributed by atoms with Crippen LogP contribution in [0, 0.1) is 6.92 Å². The van der Waals surface area contributed by atoms with Crippen LogP contribution in [-0.4, -0.2) is 19.1 Å². The first-order chi connectivity index (χ1) is 40.5. The van der Waals surface area contributed by atoms with E-state index in [9.17, 15) is 39.5 Å². The molecule has 0 radical (unpaired) electrons. The molecule has 4 nitrogen and oxygen atoms in total. The van der Waals surface area contributed by atoms with Gasteiger partial charge in [0.1, 0.15) is 11.0 Å². The normalized spacial score (nSPS) is 12.6. The minimum absolute atomic E-state index is 0.0705. The van der Waals surface area contributed by atoms with Gasteiger partial charge < -0.3 is 9.13 Å². The van der Waals surface area contributed by atoms with Crippen molar-refractivity contribution in [2.75, 3.05) is 0 Å². The van der Waals surface area contributed by atoms with Crippen LogP contribution in [0.15, 0.2) is 218 Å². The fourth-order valence-corrected chi connectivity index (χ4v) is 13.5. The summed E-state index contributed by atoms with van der Waals surface area (Å²) in [5.41, 5.74) is 5.27. The molecule has 0 fully saturated rings. The van der Waals surface area contributed by atoms with Gasteiger partial charge in [-0.05, 0) is 130 Å². The minimum atomic E-state index is -5.20. The van der Waals surface area contributed by atoms with Gasteiger partial charge in [-0.15, -0.1) is 11.3 Å². The van der Waals surface area contributed by atoms with Crippen molar-refractivity contribution >= 4 is 98.6 Å². The number of hydrogen-bond acceptors (Lipinski definition) is 3. The van der Waals surface area contributed by atoms with Gasteiger partial charge >= 0.3 is 18.5 Å². The van der Waals surface area contributed by atoms with E-state index in [4.69, 9.17) is 9.97 Å². The summed E-state index contributed by atoms with van der Waals surface area (Å²) in [4.78, 5) is 12.7.